The lowest BCUT2D eigenvalue weighted by Crippen LogP contribution is -1.91. The number of hydrogen-bond donors (Lipinski definition) is 1. The molecule has 0 heterocycles. The summed E-state index contributed by atoms with van der Waals surface area (Å²) in [5, 5.41) is 8.41. The standard InChI is InChI=1S/C9H6ClNO2S/c10-8(6-11)5-7-3-1-2-4-9(7)14(12)13/h1-5H,(H,12,13). The first kappa shape index (κ1) is 10.9. The van der Waals surface area contributed by atoms with Crippen molar-refractivity contribution in [2.24, 2.45) is 0 Å². The van der Waals surface area contributed by atoms with Crippen molar-refractivity contribution in [2.75, 3.05) is 0 Å². The molecule has 0 aliphatic carbocycles. The van der Waals surface area contributed by atoms with Gasteiger partial charge in [0.15, 0.2) is 11.1 Å². The van der Waals surface area contributed by atoms with Gasteiger partial charge in [-0.3, -0.25) is 0 Å². The van der Waals surface area contributed by atoms with Gasteiger partial charge in [-0.2, -0.15) is 5.26 Å². The first-order valence-electron chi connectivity index (χ1n) is 3.62. The van der Waals surface area contributed by atoms with Gasteiger partial charge in [0.25, 0.3) is 0 Å². The van der Waals surface area contributed by atoms with Crippen LogP contribution < -0.4 is 0 Å². The molecule has 0 fully saturated rings. The molecular weight excluding hydrogens is 222 g/mol. The van der Waals surface area contributed by atoms with Crippen LogP contribution in [0.2, 0.25) is 0 Å². The van der Waals surface area contributed by atoms with E-state index >= 15 is 0 Å². The summed E-state index contributed by atoms with van der Waals surface area (Å²) in [5.74, 6) is 0. The molecular formula is C9H6ClNO2S. The Bertz CT molecular complexity index is 437. The lowest BCUT2D eigenvalue weighted by molar-refractivity contribution is 0.564. The van der Waals surface area contributed by atoms with E-state index in [0.717, 1.165) is 0 Å². The number of nitrogens with zero attached hydrogens (tertiary/aromatic N) is 1. The summed E-state index contributed by atoms with van der Waals surface area (Å²) in [6.45, 7) is 0. The van der Waals surface area contributed by atoms with Gasteiger partial charge in [-0.25, -0.2) is 4.21 Å². The zero-order chi connectivity index (χ0) is 10.6. The van der Waals surface area contributed by atoms with E-state index in [1.807, 2.05) is 0 Å². The van der Waals surface area contributed by atoms with Crippen LogP contribution in [0.15, 0.2) is 34.2 Å². The largest absolute Gasteiger partial charge is 0.302 e. The fourth-order valence-electron chi connectivity index (χ4n) is 0.928. The predicted octanol–water partition coefficient (Wildman–Crippen LogP) is 2.37. The fourth-order valence-corrected chi connectivity index (χ4v) is 1.57. The van der Waals surface area contributed by atoms with E-state index in [-0.39, 0.29) is 9.93 Å². The molecule has 5 heteroatoms. The van der Waals surface area contributed by atoms with Gasteiger partial charge in [-0.1, -0.05) is 29.8 Å². The van der Waals surface area contributed by atoms with Gasteiger partial charge in [0.05, 0.1) is 4.90 Å². The topological polar surface area (TPSA) is 61.1 Å². The Morgan fingerprint density at radius 3 is 2.79 bits per heavy atom. The molecule has 0 bridgehead atoms. The van der Waals surface area contributed by atoms with Crippen LogP contribution in [-0.4, -0.2) is 8.76 Å². The van der Waals surface area contributed by atoms with Crippen LogP contribution in [0.25, 0.3) is 6.08 Å². The second kappa shape index (κ2) is 4.91. The highest BCUT2D eigenvalue weighted by Gasteiger charge is 2.04. The molecule has 0 aliphatic heterocycles. The smallest absolute Gasteiger partial charge is 0.187 e. The molecule has 0 aromatic heterocycles. The van der Waals surface area contributed by atoms with Crippen molar-refractivity contribution in [1.82, 2.24) is 0 Å². The normalized spacial score (nSPS) is 13.4. The van der Waals surface area contributed by atoms with Crippen LogP contribution in [0.3, 0.4) is 0 Å². The third-order valence-electron chi connectivity index (χ3n) is 1.50. The van der Waals surface area contributed by atoms with Gasteiger partial charge in [0.1, 0.15) is 11.1 Å². The van der Waals surface area contributed by atoms with Crippen molar-refractivity contribution in [2.45, 2.75) is 4.90 Å². The summed E-state index contributed by atoms with van der Waals surface area (Å²) < 4.78 is 19.8. The predicted molar refractivity (Wildman–Crippen MR) is 54.9 cm³/mol. The van der Waals surface area contributed by atoms with Crippen LogP contribution in [-0.2, 0) is 11.1 Å². The van der Waals surface area contributed by atoms with Crippen LogP contribution in [0.1, 0.15) is 5.56 Å². The number of allylic oxidation sites excluding steroid dienone is 1. The van der Waals surface area contributed by atoms with Crippen molar-refractivity contribution in [3.8, 4) is 6.07 Å². The lowest BCUT2D eigenvalue weighted by Gasteiger charge is -1.99. The van der Waals surface area contributed by atoms with E-state index in [4.69, 9.17) is 21.4 Å². The van der Waals surface area contributed by atoms with E-state index in [2.05, 4.69) is 0 Å². The summed E-state index contributed by atoms with van der Waals surface area (Å²) in [7, 11) is 0. The Morgan fingerprint density at radius 1 is 1.57 bits per heavy atom. The van der Waals surface area contributed by atoms with Crippen LogP contribution >= 0.6 is 11.6 Å². The molecule has 1 N–H and O–H groups in total. The zero-order valence-electron chi connectivity index (χ0n) is 6.98. The van der Waals surface area contributed by atoms with E-state index in [1.54, 1.807) is 24.3 Å². The van der Waals surface area contributed by atoms with Crippen molar-refractivity contribution in [3.63, 3.8) is 0 Å². The summed E-state index contributed by atoms with van der Waals surface area (Å²) in [6.07, 6.45) is 1.35. The number of nitriles is 1. The molecule has 1 rings (SSSR count). The minimum absolute atomic E-state index is 0.0251. The first-order valence-corrected chi connectivity index (χ1v) is 5.11. The molecule has 0 spiro atoms. The van der Waals surface area contributed by atoms with E-state index in [9.17, 15) is 4.21 Å². The average molecular weight is 228 g/mol. The molecule has 72 valence electrons. The Balaban J connectivity index is 3.22. The second-order valence-electron chi connectivity index (χ2n) is 2.39. The molecule has 1 aromatic carbocycles. The van der Waals surface area contributed by atoms with E-state index < -0.39 is 11.1 Å². The molecule has 0 aliphatic rings. The van der Waals surface area contributed by atoms with E-state index in [1.165, 1.54) is 12.1 Å². The van der Waals surface area contributed by atoms with Gasteiger partial charge in [-0.15, -0.1) is 0 Å². The maximum Gasteiger partial charge on any atom is 0.187 e. The summed E-state index contributed by atoms with van der Waals surface area (Å²) in [4.78, 5) is 0.237. The Kier molecular flexibility index (Phi) is 3.84. The Hall–Kier alpha value is -1.15. The zero-order valence-corrected chi connectivity index (χ0v) is 8.55. The molecule has 0 amide bonds. The first-order chi connectivity index (χ1) is 6.65. The summed E-state index contributed by atoms with van der Waals surface area (Å²) >= 11 is 3.42. The summed E-state index contributed by atoms with van der Waals surface area (Å²) in [6, 6.07) is 8.18. The van der Waals surface area contributed by atoms with Gasteiger partial charge in [0.2, 0.25) is 0 Å². The highest BCUT2D eigenvalue weighted by atomic mass is 35.5. The van der Waals surface area contributed by atoms with Crippen LogP contribution in [0, 0.1) is 11.3 Å². The molecule has 0 saturated carbocycles. The number of halogens is 1. The molecule has 3 nitrogen and oxygen atoms in total. The Labute approximate surface area is 88.9 Å². The molecule has 0 radical (unpaired) electrons. The van der Waals surface area contributed by atoms with Crippen molar-refractivity contribution < 1.29 is 8.76 Å². The van der Waals surface area contributed by atoms with Crippen molar-refractivity contribution >= 4 is 28.8 Å². The number of benzene rings is 1. The monoisotopic (exact) mass is 227 g/mol. The molecule has 1 unspecified atom stereocenters. The summed E-state index contributed by atoms with van der Waals surface area (Å²) in [5.41, 5.74) is 0.472. The highest BCUT2D eigenvalue weighted by Crippen LogP contribution is 2.16. The third kappa shape index (κ3) is 2.67. The SMILES string of the molecule is N#CC(Cl)=Cc1ccccc1S(=O)O. The minimum Gasteiger partial charge on any atom is -0.302 e. The number of rotatable bonds is 2. The van der Waals surface area contributed by atoms with Crippen molar-refractivity contribution in [3.05, 3.63) is 34.9 Å². The minimum atomic E-state index is -2.07. The third-order valence-corrected chi connectivity index (χ3v) is 2.44. The van der Waals surface area contributed by atoms with Gasteiger partial charge < -0.3 is 4.55 Å². The highest BCUT2D eigenvalue weighted by molar-refractivity contribution is 7.79. The lowest BCUT2D eigenvalue weighted by atomic mass is 10.2. The van der Waals surface area contributed by atoms with E-state index in [0.29, 0.717) is 5.56 Å². The molecule has 1 atom stereocenters. The Morgan fingerprint density at radius 2 is 2.21 bits per heavy atom. The number of hydrogen-bond acceptors (Lipinski definition) is 2. The fraction of sp³-hybridized carbons (Fsp3) is 0. The van der Waals surface area contributed by atoms with Crippen LogP contribution in [0.4, 0.5) is 0 Å². The molecule has 1 aromatic rings. The maximum absolute atomic E-state index is 10.8. The van der Waals surface area contributed by atoms with Gasteiger partial charge >= 0.3 is 0 Å². The van der Waals surface area contributed by atoms with Crippen LogP contribution in [0.5, 0.6) is 0 Å². The average Bonchev–Trinajstić information content (AvgIpc) is 2.18. The quantitative estimate of drug-likeness (QED) is 0.623. The van der Waals surface area contributed by atoms with Gasteiger partial charge in [-0.05, 0) is 17.7 Å². The second-order valence-corrected chi connectivity index (χ2v) is 3.74. The maximum atomic E-state index is 10.8. The molecule has 14 heavy (non-hydrogen) atoms. The van der Waals surface area contributed by atoms with Crippen molar-refractivity contribution in [1.29, 1.82) is 5.26 Å². The molecule has 0 saturated heterocycles. The van der Waals surface area contributed by atoms with Gasteiger partial charge in [0, 0.05) is 0 Å².